The minimum Gasteiger partial charge on any atom is -0.480 e. The van der Waals surface area contributed by atoms with Crippen molar-refractivity contribution in [2.45, 2.75) is 38.6 Å². The minimum atomic E-state index is -3.08. The summed E-state index contributed by atoms with van der Waals surface area (Å²) >= 11 is 0. The SMILES string of the molecule is CCC(C)(NC(=O)CCCS(C)(=O)=O)C(=O)O. The summed E-state index contributed by atoms with van der Waals surface area (Å²) in [5.74, 6) is -1.62. The van der Waals surface area contributed by atoms with Gasteiger partial charge in [0.15, 0.2) is 0 Å². The van der Waals surface area contributed by atoms with Crippen molar-refractivity contribution in [3.63, 3.8) is 0 Å². The first-order valence-corrected chi connectivity index (χ1v) is 7.39. The Morgan fingerprint density at radius 2 is 1.88 bits per heavy atom. The number of sulfone groups is 1. The summed E-state index contributed by atoms with van der Waals surface area (Å²) in [6.07, 6.45) is 1.57. The van der Waals surface area contributed by atoms with Crippen LogP contribution in [0, 0.1) is 0 Å². The molecule has 0 saturated heterocycles. The monoisotopic (exact) mass is 265 g/mol. The maximum absolute atomic E-state index is 11.4. The van der Waals surface area contributed by atoms with Crippen molar-refractivity contribution < 1.29 is 23.1 Å². The average Bonchev–Trinajstić information content (AvgIpc) is 2.15. The third-order valence-electron chi connectivity index (χ3n) is 2.51. The summed E-state index contributed by atoms with van der Waals surface area (Å²) in [5, 5.41) is 11.3. The third kappa shape index (κ3) is 6.25. The van der Waals surface area contributed by atoms with E-state index in [9.17, 15) is 18.0 Å². The lowest BCUT2D eigenvalue weighted by Crippen LogP contribution is -2.51. The molecule has 0 aromatic heterocycles. The van der Waals surface area contributed by atoms with Gasteiger partial charge in [-0.05, 0) is 19.8 Å². The van der Waals surface area contributed by atoms with Gasteiger partial charge in [0.1, 0.15) is 15.4 Å². The fraction of sp³-hybridized carbons (Fsp3) is 0.800. The van der Waals surface area contributed by atoms with Gasteiger partial charge in [0.2, 0.25) is 5.91 Å². The molecule has 100 valence electrons. The maximum atomic E-state index is 11.4. The van der Waals surface area contributed by atoms with Gasteiger partial charge in [-0.3, -0.25) is 4.79 Å². The molecule has 2 N–H and O–H groups in total. The van der Waals surface area contributed by atoms with Crippen molar-refractivity contribution in [3.05, 3.63) is 0 Å². The van der Waals surface area contributed by atoms with Gasteiger partial charge in [-0.2, -0.15) is 0 Å². The molecule has 0 aliphatic rings. The first kappa shape index (κ1) is 15.9. The van der Waals surface area contributed by atoms with E-state index in [1.165, 1.54) is 6.92 Å². The molecule has 0 saturated carbocycles. The van der Waals surface area contributed by atoms with E-state index in [4.69, 9.17) is 5.11 Å². The summed E-state index contributed by atoms with van der Waals surface area (Å²) in [6, 6.07) is 0. The third-order valence-corrected chi connectivity index (χ3v) is 3.54. The van der Waals surface area contributed by atoms with Crippen LogP contribution in [0.15, 0.2) is 0 Å². The van der Waals surface area contributed by atoms with Crippen LogP contribution >= 0.6 is 0 Å². The van der Waals surface area contributed by atoms with Crippen molar-refractivity contribution in [2.24, 2.45) is 0 Å². The molecule has 0 radical (unpaired) electrons. The first-order valence-electron chi connectivity index (χ1n) is 5.33. The van der Waals surface area contributed by atoms with E-state index in [1.54, 1.807) is 6.92 Å². The lowest BCUT2D eigenvalue weighted by Gasteiger charge is -2.24. The number of carbonyl (C=O) groups is 2. The number of carbonyl (C=O) groups excluding carboxylic acids is 1. The normalized spacial score (nSPS) is 15.0. The molecule has 0 heterocycles. The number of carboxylic acids is 1. The smallest absolute Gasteiger partial charge is 0.329 e. The lowest BCUT2D eigenvalue weighted by atomic mass is 9.99. The highest BCUT2D eigenvalue weighted by molar-refractivity contribution is 7.90. The summed E-state index contributed by atoms with van der Waals surface area (Å²) in [6.45, 7) is 3.08. The van der Waals surface area contributed by atoms with Crippen LogP contribution in [0.4, 0.5) is 0 Å². The summed E-state index contributed by atoms with van der Waals surface area (Å²) in [5.41, 5.74) is -1.29. The maximum Gasteiger partial charge on any atom is 0.329 e. The number of aliphatic carboxylic acids is 1. The molecule has 0 aliphatic carbocycles. The van der Waals surface area contributed by atoms with Crippen LogP contribution in [0.25, 0.3) is 0 Å². The van der Waals surface area contributed by atoms with E-state index in [-0.39, 0.29) is 25.0 Å². The van der Waals surface area contributed by atoms with Crippen LogP contribution in [-0.2, 0) is 19.4 Å². The molecule has 0 aromatic carbocycles. The van der Waals surface area contributed by atoms with Gasteiger partial charge in [0.05, 0.1) is 5.75 Å². The van der Waals surface area contributed by atoms with E-state index in [2.05, 4.69) is 5.32 Å². The van der Waals surface area contributed by atoms with Crippen LogP contribution in [0.5, 0.6) is 0 Å². The minimum absolute atomic E-state index is 0.00986. The predicted molar refractivity (Wildman–Crippen MR) is 63.4 cm³/mol. The molecule has 7 heteroatoms. The van der Waals surface area contributed by atoms with Crippen LogP contribution < -0.4 is 5.32 Å². The number of amides is 1. The number of hydrogen-bond acceptors (Lipinski definition) is 4. The molecule has 0 aromatic rings. The van der Waals surface area contributed by atoms with Crippen molar-refractivity contribution >= 4 is 21.7 Å². The fourth-order valence-electron chi connectivity index (χ4n) is 1.16. The molecular weight excluding hydrogens is 246 g/mol. The number of nitrogens with one attached hydrogen (secondary N) is 1. The molecule has 0 rings (SSSR count). The molecule has 1 atom stereocenters. The number of carboxylic acid groups (broad SMARTS) is 1. The second kappa shape index (κ2) is 6.00. The molecule has 0 spiro atoms. The van der Waals surface area contributed by atoms with Crippen LogP contribution in [-0.4, -0.2) is 42.9 Å². The van der Waals surface area contributed by atoms with Crippen molar-refractivity contribution in [1.82, 2.24) is 5.32 Å². The first-order chi connectivity index (χ1) is 7.60. The zero-order valence-corrected chi connectivity index (χ0v) is 11.1. The zero-order valence-electron chi connectivity index (χ0n) is 10.3. The Morgan fingerprint density at radius 3 is 2.24 bits per heavy atom. The Hall–Kier alpha value is -1.11. The zero-order chi connectivity index (χ0) is 13.7. The Labute approximate surface area is 101 Å². The van der Waals surface area contributed by atoms with Gasteiger partial charge >= 0.3 is 5.97 Å². The van der Waals surface area contributed by atoms with E-state index in [0.717, 1.165) is 6.26 Å². The molecule has 0 fully saturated rings. The Bertz CT molecular complexity index is 390. The summed E-state index contributed by atoms with van der Waals surface area (Å²) in [4.78, 5) is 22.3. The molecule has 1 amide bonds. The highest BCUT2D eigenvalue weighted by atomic mass is 32.2. The standard InChI is InChI=1S/C10H19NO5S/c1-4-10(2,9(13)14)11-8(12)6-5-7-17(3,15)16/h4-7H2,1-3H3,(H,11,12)(H,13,14). The topological polar surface area (TPSA) is 101 Å². The average molecular weight is 265 g/mol. The number of hydrogen-bond donors (Lipinski definition) is 2. The summed E-state index contributed by atoms with van der Waals surface area (Å²) in [7, 11) is -3.08. The van der Waals surface area contributed by atoms with Gasteiger partial charge in [0.25, 0.3) is 0 Å². The highest BCUT2D eigenvalue weighted by Crippen LogP contribution is 2.09. The van der Waals surface area contributed by atoms with E-state index < -0.39 is 27.3 Å². The fourth-order valence-corrected chi connectivity index (χ4v) is 1.83. The molecule has 0 aliphatic heterocycles. The largest absolute Gasteiger partial charge is 0.480 e. The van der Waals surface area contributed by atoms with E-state index in [1.807, 2.05) is 0 Å². The van der Waals surface area contributed by atoms with Crippen molar-refractivity contribution in [3.8, 4) is 0 Å². The van der Waals surface area contributed by atoms with Crippen LogP contribution in [0.1, 0.15) is 33.1 Å². The predicted octanol–water partition coefficient (Wildman–Crippen LogP) is 0.181. The van der Waals surface area contributed by atoms with Crippen molar-refractivity contribution in [1.29, 1.82) is 0 Å². The Balaban J connectivity index is 4.23. The molecular formula is C10H19NO5S. The summed E-state index contributed by atoms with van der Waals surface area (Å²) < 4.78 is 21.7. The molecule has 1 unspecified atom stereocenters. The lowest BCUT2D eigenvalue weighted by molar-refractivity contribution is -0.147. The highest BCUT2D eigenvalue weighted by Gasteiger charge is 2.32. The van der Waals surface area contributed by atoms with Gasteiger partial charge in [-0.1, -0.05) is 6.92 Å². The van der Waals surface area contributed by atoms with E-state index in [0.29, 0.717) is 0 Å². The van der Waals surface area contributed by atoms with Gasteiger partial charge < -0.3 is 10.4 Å². The van der Waals surface area contributed by atoms with Crippen molar-refractivity contribution in [2.75, 3.05) is 12.0 Å². The Morgan fingerprint density at radius 1 is 1.35 bits per heavy atom. The van der Waals surface area contributed by atoms with Gasteiger partial charge in [-0.15, -0.1) is 0 Å². The quantitative estimate of drug-likeness (QED) is 0.684. The number of rotatable bonds is 7. The van der Waals surface area contributed by atoms with Crippen LogP contribution in [0.2, 0.25) is 0 Å². The second-order valence-electron chi connectivity index (χ2n) is 4.27. The van der Waals surface area contributed by atoms with Crippen LogP contribution in [0.3, 0.4) is 0 Å². The second-order valence-corrected chi connectivity index (χ2v) is 6.53. The van der Waals surface area contributed by atoms with E-state index >= 15 is 0 Å². The molecule has 17 heavy (non-hydrogen) atoms. The molecule has 0 bridgehead atoms. The van der Waals surface area contributed by atoms with Gasteiger partial charge in [0, 0.05) is 12.7 Å². The Kier molecular flexibility index (Phi) is 5.60. The van der Waals surface area contributed by atoms with Gasteiger partial charge in [-0.25, -0.2) is 13.2 Å². The molecule has 6 nitrogen and oxygen atoms in total.